The van der Waals surface area contributed by atoms with Crippen LogP contribution in [-0.4, -0.2) is 32.2 Å². The van der Waals surface area contributed by atoms with E-state index in [2.05, 4.69) is 16.0 Å². The number of hydrogen-bond donors (Lipinski definition) is 3. The number of carbonyl (C=O) groups is 1. The fourth-order valence-electron chi connectivity index (χ4n) is 1.97. The van der Waals surface area contributed by atoms with Crippen LogP contribution in [0.2, 0.25) is 0 Å². The zero-order valence-corrected chi connectivity index (χ0v) is 12.1. The van der Waals surface area contributed by atoms with Crippen molar-refractivity contribution in [1.29, 1.82) is 0 Å². The number of halogens is 3. The molecule has 0 bridgehead atoms. The molecule has 4 nitrogen and oxygen atoms in total. The lowest BCUT2D eigenvalue weighted by Gasteiger charge is -2.19. The van der Waals surface area contributed by atoms with E-state index in [0.29, 0.717) is 6.42 Å². The van der Waals surface area contributed by atoms with Crippen molar-refractivity contribution < 1.29 is 18.0 Å². The van der Waals surface area contributed by atoms with Gasteiger partial charge in [0.05, 0.1) is 6.04 Å². The number of amides is 1. The van der Waals surface area contributed by atoms with Gasteiger partial charge in [0.1, 0.15) is 5.70 Å². The molecule has 0 aromatic carbocycles. The van der Waals surface area contributed by atoms with Gasteiger partial charge in [0.15, 0.2) is 0 Å². The highest BCUT2D eigenvalue weighted by molar-refractivity contribution is 5.93. The lowest BCUT2D eigenvalue weighted by atomic mass is 10.1. The summed E-state index contributed by atoms with van der Waals surface area (Å²) in [4.78, 5) is 12.2. The first-order valence-electron chi connectivity index (χ1n) is 6.67. The number of nitrogens with one attached hydrogen (secondary N) is 3. The smallest absolute Gasteiger partial charge is 0.389 e. The van der Waals surface area contributed by atoms with Gasteiger partial charge in [0.25, 0.3) is 5.91 Å². The van der Waals surface area contributed by atoms with Crippen molar-refractivity contribution in [2.24, 2.45) is 0 Å². The summed E-state index contributed by atoms with van der Waals surface area (Å²) in [7, 11) is 3.01. The van der Waals surface area contributed by atoms with E-state index in [4.69, 9.17) is 0 Å². The van der Waals surface area contributed by atoms with Gasteiger partial charge >= 0.3 is 6.18 Å². The number of hydrogen-bond acceptors (Lipinski definition) is 3. The van der Waals surface area contributed by atoms with Gasteiger partial charge in [-0.05, 0) is 12.8 Å². The van der Waals surface area contributed by atoms with Crippen LogP contribution >= 0.6 is 0 Å². The minimum Gasteiger partial charge on any atom is -0.390 e. The van der Waals surface area contributed by atoms with E-state index in [1.807, 2.05) is 24.3 Å². The second-order valence-corrected chi connectivity index (χ2v) is 4.60. The summed E-state index contributed by atoms with van der Waals surface area (Å²) in [5.41, 5.74) is 0.368. The summed E-state index contributed by atoms with van der Waals surface area (Å²) in [5.74, 6) is -0.422. The first-order chi connectivity index (χ1) is 9.87. The molecule has 0 spiro atoms. The molecule has 1 unspecified atom stereocenters. The third kappa shape index (κ3) is 5.93. The Morgan fingerprint density at radius 3 is 2.43 bits per heavy atom. The zero-order chi connectivity index (χ0) is 15.9. The minimum absolute atomic E-state index is 0.129. The molecule has 0 heterocycles. The molecule has 1 rings (SSSR count). The van der Waals surface area contributed by atoms with Gasteiger partial charge in [-0.1, -0.05) is 24.3 Å². The molecule has 0 aromatic rings. The van der Waals surface area contributed by atoms with Gasteiger partial charge in [-0.2, -0.15) is 13.2 Å². The molecule has 1 aliphatic carbocycles. The Labute approximate surface area is 122 Å². The number of allylic oxidation sites excluding steroid dienone is 3. The quantitative estimate of drug-likeness (QED) is 0.658. The summed E-state index contributed by atoms with van der Waals surface area (Å²) < 4.78 is 36.9. The van der Waals surface area contributed by atoms with E-state index in [0.717, 1.165) is 0 Å². The second kappa shape index (κ2) is 7.75. The van der Waals surface area contributed by atoms with Crippen LogP contribution in [0.3, 0.4) is 0 Å². The molecule has 1 amide bonds. The molecule has 1 atom stereocenters. The number of likely N-dealkylation sites (N-methyl/N-ethyl adjacent to an activating group) is 1. The van der Waals surface area contributed by atoms with Crippen molar-refractivity contribution >= 4 is 5.91 Å². The van der Waals surface area contributed by atoms with Crippen molar-refractivity contribution in [2.45, 2.75) is 31.5 Å². The monoisotopic (exact) mass is 303 g/mol. The molecular formula is C14H20F3N3O. The highest BCUT2D eigenvalue weighted by Gasteiger charge is 2.28. The fourth-order valence-corrected chi connectivity index (χ4v) is 1.97. The van der Waals surface area contributed by atoms with Gasteiger partial charge in [-0.25, -0.2) is 0 Å². The Balaban J connectivity index is 2.75. The normalized spacial score (nSPS) is 19.0. The standard InChI is InChI=1S/C14H20F3N3O/c1-18-11(8-9-14(15,16)17)12(19-2)13(21)20-10-6-4-3-5-7-10/h3-6,10,18-19H,7-9H2,1-2H3,(H,20,21)/b12-11+. The molecule has 0 aromatic heterocycles. The SMILES string of the molecule is CN/C(CCC(F)(F)F)=C(/NC)C(=O)NC1C=CC=CC1. The summed E-state index contributed by atoms with van der Waals surface area (Å²) >= 11 is 0. The topological polar surface area (TPSA) is 53.2 Å². The first kappa shape index (κ1) is 17.1. The zero-order valence-electron chi connectivity index (χ0n) is 12.1. The Morgan fingerprint density at radius 2 is 1.95 bits per heavy atom. The lowest BCUT2D eigenvalue weighted by molar-refractivity contribution is -0.134. The minimum atomic E-state index is -4.26. The molecule has 0 saturated carbocycles. The summed E-state index contributed by atoms with van der Waals surface area (Å²) in [6.07, 6.45) is 2.60. The largest absolute Gasteiger partial charge is 0.390 e. The van der Waals surface area contributed by atoms with Crippen LogP contribution in [0.1, 0.15) is 19.3 Å². The molecule has 0 fully saturated rings. The average molecular weight is 303 g/mol. The van der Waals surface area contributed by atoms with Crippen molar-refractivity contribution in [3.8, 4) is 0 Å². The second-order valence-electron chi connectivity index (χ2n) is 4.60. The maximum absolute atomic E-state index is 12.3. The number of rotatable bonds is 6. The van der Waals surface area contributed by atoms with E-state index in [1.165, 1.54) is 14.1 Å². The summed E-state index contributed by atoms with van der Waals surface area (Å²) in [6, 6.07) is -0.147. The van der Waals surface area contributed by atoms with E-state index in [9.17, 15) is 18.0 Å². The third-order valence-electron chi connectivity index (χ3n) is 3.04. The van der Waals surface area contributed by atoms with Crippen LogP contribution in [0.15, 0.2) is 35.7 Å². The van der Waals surface area contributed by atoms with Crippen LogP contribution in [-0.2, 0) is 4.79 Å². The predicted molar refractivity (Wildman–Crippen MR) is 75.3 cm³/mol. The predicted octanol–water partition coefficient (Wildman–Crippen LogP) is 1.98. The van der Waals surface area contributed by atoms with Gasteiger partial charge < -0.3 is 16.0 Å². The van der Waals surface area contributed by atoms with Crippen LogP contribution in [0.5, 0.6) is 0 Å². The van der Waals surface area contributed by atoms with Crippen molar-refractivity contribution in [3.63, 3.8) is 0 Å². The van der Waals surface area contributed by atoms with Gasteiger partial charge in [0.2, 0.25) is 0 Å². The number of alkyl halides is 3. The molecule has 1 aliphatic rings. The third-order valence-corrected chi connectivity index (χ3v) is 3.04. The van der Waals surface area contributed by atoms with Crippen LogP contribution < -0.4 is 16.0 Å². The van der Waals surface area contributed by atoms with Crippen molar-refractivity contribution in [1.82, 2.24) is 16.0 Å². The Morgan fingerprint density at radius 1 is 1.24 bits per heavy atom. The Hall–Kier alpha value is -1.92. The van der Waals surface area contributed by atoms with Gasteiger partial charge in [0, 0.05) is 26.2 Å². The Kier molecular flexibility index (Phi) is 6.33. The highest BCUT2D eigenvalue weighted by atomic mass is 19.4. The van der Waals surface area contributed by atoms with Crippen molar-refractivity contribution in [3.05, 3.63) is 35.7 Å². The van der Waals surface area contributed by atoms with E-state index >= 15 is 0 Å². The molecule has 0 aliphatic heterocycles. The summed E-state index contributed by atoms with van der Waals surface area (Å²) in [6.45, 7) is 0. The van der Waals surface area contributed by atoms with E-state index in [1.54, 1.807) is 0 Å². The maximum Gasteiger partial charge on any atom is 0.389 e. The van der Waals surface area contributed by atoms with Crippen LogP contribution in [0.25, 0.3) is 0 Å². The summed E-state index contributed by atoms with van der Waals surface area (Å²) in [5, 5.41) is 8.11. The molecule has 0 radical (unpaired) electrons. The lowest BCUT2D eigenvalue weighted by Crippen LogP contribution is -2.39. The molecule has 3 N–H and O–H groups in total. The maximum atomic E-state index is 12.3. The van der Waals surface area contributed by atoms with Crippen LogP contribution in [0, 0.1) is 0 Å². The first-order valence-corrected chi connectivity index (χ1v) is 6.67. The fraction of sp³-hybridized carbons (Fsp3) is 0.500. The van der Waals surface area contributed by atoms with Gasteiger partial charge in [-0.15, -0.1) is 0 Å². The number of carbonyl (C=O) groups excluding carboxylic acids is 1. The van der Waals surface area contributed by atoms with Gasteiger partial charge in [-0.3, -0.25) is 4.79 Å². The molecule has 21 heavy (non-hydrogen) atoms. The molecule has 7 heteroatoms. The van der Waals surface area contributed by atoms with E-state index < -0.39 is 18.5 Å². The highest BCUT2D eigenvalue weighted by Crippen LogP contribution is 2.23. The van der Waals surface area contributed by atoms with Crippen LogP contribution in [0.4, 0.5) is 13.2 Å². The van der Waals surface area contributed by atoms with Crippen molar-refractivity contribution in [2.75, 3.05) is 14.1 Å². The molecular weight excluding hydrogens is 283 g/mol. The van der Waals surface area contributed by atoms with E-state index in [-0.39, 0.29) is 23.9 Å². The molecule has 0 saturated heterocycles. The Bertz CT molecular complexity index is 453. The molecule has 118 valence electrons. The average Bonchev–Trinajstić information content (AvgIpc) is 2.43.